The van der Waals surface area contributed by atoms with Crippen LogP contribution in [0, 0.1) is 0 Å². The fourth-order valence-corrected chi connectivity index (χ4v) is 4.80. The maximum atomic E-state index is 11.2. The Bertz CT molecular complexity index is 262. The molecule has 0 saturated heterocycles. The van der Waals surface area contributed by atoms with Crippen molar-refractivity contribution in [3.05, 3.63) is 12.7 Å². The van der Waals surface area contributed by atoms with Gasteiger partial charge in [0.15, 0.2) is 0 Å². The van der Waals surface area contributed by atoms with Gasteiger partial charge >= 0.3 is 74.4 Å². The van der Waals surface area contributed by atoms with E-state index in [9.17, 15) is 8.42 Å². The summed E-state index contributed by atoms with van der Waals surface area (Å²) in [7, 11) is -3.41. The van der Waals surface area contributed by atoms with Gasteiger partial charge in [0.05, 0.1) is 0 Å². The molecule has 0 aliphatic rings. The molecule has 0 fully saturated rings. The molecule has 0 aromatic heterocycles. The van der Waals surface area contributed by atoms with Gasteiger partial charge in [-0.05, 0) is 0 Å². The molecule has 0 radical (unpaired) electrons. The van der Waals surface area contributed by atoms with Crippen molar-refractivity contribution in [2.45, 2.75) is 0 Å². The fourth-order valence-electron chi connectivity index (χ4n) is 0.629. The van der Waals surface area contributed by atoms with Gasteiger partial charge in [-0.15, -0.1) is 0 Å². The van der Waals surface area contributed by atoms with Crippen molar-refractivity contribution in [2.24, 2.45) is 0 Å². The molecule has 0 aliphatic carbocycles. The maximum absolute atomic E-state index is 11.2. The van der Waals surface area contributed by atoms with Crippen molar-refractivity contribution in [2.75, 3.05) is 32.4 Å². The average Bonchev–Trinajstić information content (AvgIpc) is 1.52. The summed E-state index contributed by atoms with van der Waals surface area (Å²) in [6, 6.07) is 0. The monoisotopic (exact) mass is 212 g/mol. The molecular weight excluding hydrogens is 195 g/mol. The zero-order valence-corrected chi connectivity index (χ0v) is 9.78. The van der Waals surface area contributed by atoms with Crippen molar-refractivity contribution >= 4 is 16.9 Å². The molecule has 0 unspecified atom stereocenters. The van der Waals surface area contributed by atoms with E-state index >= 15 is 0 Å². The first-order valence-electron chi connectivity index (χ1n) is 3.58. The average molecular weight is 212 g/mol. The molecule has 0 atom stereocenters. The van der Waals surface area contributed by atoms with E-state index in [2.05, 4.69) is 6.58 Å². The molecule has 0 aromatic carbocycles. The first-order chi connectivity index (χ1) is 5.02. The Balaban J connectivity index is 4.59. The second-order valence-electron chi connectivity index (χ2n) is 4.50. The molecule has 0 N–H and O–H groups in total. The van der Waals surface area contributed by atoms with E-state index in [0.29, 0.717) is 0 Å². The molecule has 0 rings (SSSR count). The summed E-state index contributed by atoms with van der Waals surface area (Å²) in [5.41, 5.74) is 0. The van der Waals surface area contributed by atoms with Crippen LogP contribution in [0.3, 0.4) is 0 Å². The van der Waals surface area contributed by atoms with Crippen LogP contribution in [0.5, 0.6) is 0 Å². The number of rotatable bonds is 4. The van der Waals surface area contributed by atoms with Gasteiger partial charge in [0, 0.05) is 0 Å². The fraction of sp³-hybridized carbons (Fsp3) is 0.714. The van der Waals surface area contributed by atoms with Crippen LogP contribution in [-0.4, -0.2) is 40.8 Å². The minimum absolute atomic E-state index is 0.117. The van der Waals surface area contributed by atoms with E-state index in [1.807, 2.05) is 26.7 Å². The van der Waals surface area contributed by atoms with Gasteiger partial charge in [-0.2, -0.15) is 0 Å². The topological polar surface area (TPSA) is 43.4 Å². The molecule has 74 valence electrons. The molecule has 0 aromatic rings. The number of hydrogen-bond donors (Lipinski definition) is 0. The van der Waals surface area contributed by atoms with Crippen LogP contribution >= 0.6 is 6.83 Å². The molecule has 0 saturated carbocycles. The quantitative estimate of drug-likeness (QED) is 0.524. The molecule has 5 heteroatoms. The van der Waals surface area contributed by atoms with Crippen LogP contribution in [0.2, 0.25) is 0 Å². The van der Waals surface area contributed by atoms with Crippen LogP contribution in [0.25, 0.3) is 0 Å². The first kappa shape index (κ1) is 12.1. The predicted octanol–water partition coefficient (Wildman–Crippen LogP) is 1.51. The van der Waals surface area contributed by atoms with Gasteiger partial charge in [-0.25, -0.2) is 0 Å². The first-order valence-corrected chi connectivity index (χ1v) is 9.10. The summed E-state index contributed by atoms with van der Waals surface area (Å²) >= 11 is 0. The Morgan fingerprint density at radius 2 is 1.75 bits per heavy atom. The van der Waals surface area contributed by atoms with Crippen molar-refractivity contribution in [1.29, 1.82) is 0 Å². The van der Waals surface area contributed by atoms with Crippen LogP contribution in [0.4, 0.5) is 0 Å². The van der Waals surface area contributed by atoms with Gasteiger partial charge in [0.2, 0.25) is 0 Å². The SMILES string of the molecule is C=CCS(=O)(=O)OP(C)(C)(C)C. The molecule has 0 heterocycles. The van der Waals surface area contributed by atoms with Crippen molar-refractivity contribution < 1.29 is 12.4 Å². The van der Waals surface area contributed by atoms with Crippen LogP contribution in [0.1, 0.15) is 0 Å². The molecular formula is C7H17O3PS. The van der Waals surface area contributed by atoms with E-state index in [-0.39, 0.29) is 5.75 Å². The third-order valence-electron chi connectivity index (χ3n) is 0.734. The Morgan fingerprint density at radius 3 is 2.00 bits per heavy atom. The van der Waals surface area contributed by atoms with Gasteiger partial charge in [0.25, 0.3) is 0 Å². The molecule has 0 amide bonds. The zero-order valence-electron chi connectivity index (χ0n) is 8.07. The molecule has 0 bridgehead atoms. The Labute approximate surface area is 74.9 Å². The van der Waals surface area contributed by atoms with E-state index in [1.54, 1.807) is 0 Å². The van der Waals surface area contributed by atoms with Gasteiger partial charge in [-0.1, -0.05) is 0 Å². The second kappa shape index (κ2) is 3.09. The van der Waals surface area contributed by atoms with E-state index < -0.39 is 16.9 Å². The van der Waals surface area contributed by atoms with E-state index in [1.165, 1.54) is 6.08 Å². The molecule has 3 nitrogen and oxygen atoms in total. The summed E-state index contributed by atoms with van der Waals surface area (Å²) in [6.07, 6.45) is 1.33. The van der Waals surface area contributed by atoms with Crippen molar-refractivity contribution in [1.82, 2.24) is 0 Å². The molecule has 0 aliphatic heterocycles. The molecule has 0 spiro atoms. The van der Waals surface area contributed by atoms with Crippen molar-refractivity contribution in [3.8, 4) is 0 Å². The molecule has 12 heavy (non-hydrogen) atoms. The zero-order chi connectivity index (χ0) is 10.1. The van der Waals surface area contributed by atoms with Gasteiger partial charge in [0.1, 0.15) is 0 Å². The van der Waals surface area contributed by atoms with Crippen LogP contribution < -0.4 is 0 Å². The second-order valence-corrected chi connectivity index (χ2v) is 13.4. The third-order valence-corrected chi connectivity index (χ3v) is 4.67. The minimum atomic E-state index is -3.41. The summed E-state index contributed by atoms with van der Waals surface area (Å²) in [5, 5.41) is 0. The predicted molar refractivity (Wildman–Crippen MR) is 55.7 cm³/mol. The summed E-state index contributed by atoms with van der Waals surface area (Å²) < 4.78 is 27.5. The third kappa shape index (κ3) is 6.77. The summed E-state index contributed by atoms with van der Waals surface area (Å²) in [4.78, 5) is 0. The Morgan fingerprint density at radius 1 is 1.33 bits per heavy atom. The van der Waals surface area contributed by atoms with Gasteiger partial charge in [-0.3, -0.25) is 0 Å². The summed E-state index contributed by atoms with van der Waals surface area (Å²) in [6.45, 7) is 8.29. The van der Waals surface area contributed by atoms with Crippen LogP contribution in [0.15, 0.2) is 12.7 Å². The standard InChI is InChI=1S/C7H17O3PS/c1-6-7-12(8,9)10-11(2,3,4)5/h6H,1,7H2,2-5H3. The van der Waals surface area contributed by atoms with Crippen LogP contribution in [-0.2, 0) is 14.1 Å². The summed E-state index contributed by atoms with van der Waals surface area (Å²) in [5.74, 6) is -0.117. The van der Waals surface area contributed by atoms with Crippen molar-refractivity contribution in [3.63, 3.8) is 0 Å². The normalized spacial score (nSPS) is 16.5. The number of hydrogen-bond acceptors (Lipinski definition) is 3. The Kier molecular flexibility index (Phi) is 3.11. The van der Waals surface area contributed by atoms with Gasteiger partial charge < -0.3 is 0 Å². The van der Waals surface area contributed by atoms with E-state index in [4.69, 9.17) is 3.97 Å². The Hall–Kier alpha value is 0.0800. The van der Waals surface area contributed by atoms with E-state index in [0.717, 1.165) is 0 Å².